The Hall–Kier alpha value is -2.60. The molecule has 1 amide bonds. The Morgan fingerprint density at radius 3 is 2.50 bits per heavy atom. The molecule has 5 nitrogen and oxygen atoms in total. The Morgan fingerprint density at radius 2 is 1.92 bits per heavy atom. The zero-order valence-corrected chi connectivity index (χ0v) is 14.6. The molecule has 6 heteroatoms. The molecule has 124 valence electrons. The second kappa shape index (κ2) is 6.49. The van der Waals surface area contributed by atoms with Crippen LogP contribution in [0.15, 0.2) is 46.5 Å². The number of aryl methyl sites for hydroxylation is 1. The number of nitrogens with zero attached hydrogens (tertiary/aromatic N) is 2. The van der Waals surface area contributed by atoms with E-state index < -0.39 is 0 Å². The SMILES string of the molecule is CCOc1ccc(N2C(=O)C(=Cc3ccc(C)o3)N(C)C2=S)cc1. The Bertz CT molecular complexity index is 808. The molecule has 1 aliphatic heterocycles. The number of amides is 1. The number of ether oxygens (including phenoxy) is 1. The second-order valence-corrected chi connectivity index (χ2v) is 5.75. The molecule has 0 saturated carbocycles. The summed E-state index contributed by atoms with van der Waals surface area (Å²) in [5.74, 6) is 2.00. The molecule has 1 fully saturated rings. The fourth-order valence-corrected chi connectivity index (χ4v) is 2.79. The maximum Gasteiger partial charge on any atom is 0.281 e. The van der Waals surface area contributed by atoms with E-state index in [0.717, 1.165) is 11.5 Å². The fourth-order valence-electron chi connectivity index (χ4n) is 2.51. The molecule has 0 spiro atoms. The summed E-state index contributed by atoms with van der Waals surface area (Å²) in [6.45, 7) is 4.38. The van der Waals surface area contributed by atoms with Gasteiger partial charge in [0, 0.05) is 13.1 Å². The van der Waals surface area contributed by atoms with Gasteiger partial charge < -0.3 is 14.1 Å². The lowest BCUT2D eigenvalue weighted by Crippen LogP contribution is -2.31. The van der Waals surface area contributed by atoms with E-state index in [4.69, 9.17) is 21.4 Å². The highest BCUT2D eigenvalue weighted by Crippen LogP contribution is 2.29. The van der Waals surface area contributed by atoms with Crippen LogP contribution in [0.25, 0.3) is 6.08 Å². The van der Waals surface area contributed by atoms with Crippen molar-refractivity contribution in [2.24, 2.45) is 0 Å². The number of hydrogen-bond donors (Lipinski definition) is 0. The third kappa shape index (κ3) is 2.92. The van der Waals surface area contributed by atoms with Gasteiger partial charge in [-0.05, 0) is 62.5 Å². The van der Waals surface area contributed by atoms with Crippen LogP contribution < -0.4 is 9.64 Å². The third-order valence-corrected chi connectivity index (χ3v) is 4.16. The first-order valence-electron chi connectivity index (χ1n) is 7.64. The lowest BCUT2D eigenvalue weighted by molar-refractivity contribution is -0.114. The van der Waals surface area contributed by atoms with Crippen molar-refractivity contribution >= 4 is 35.0 Å². The summed E-state index contributed by atoms with van der Waals surface area (Å²) >= 11 is 5.43. The topological polar surface area (TPSA) is 45.9 Å². The maximum atomic E-state index is 12.8. The summed E-state index contributed by atoms with van der Waals surface area (Å²) in [5, 5.41) is 0.429. The minimum absolute atomic E-state index is 0.180. The van der Waals surface area contributed by atoms with Gasteiger partial charge in [0.2, 0.25) is 0 Å². The van der Waals surface area contributed by atoms with Gasteiger partial charge in [0.1, 0.15) is 23.0 Å². The van der Waals surface area contributed by atoms with E-state index in [1.165, 1.54) is 4.90 Å². The molecule has 0 unspecified atom stereocenters. The van der Waals surface area contributed by atoms with E-state index in [0.29, 0.717) is 28.9 Å². The molecule has 0 bridgehead atoms. The molecule has 0 N–H and O–H groups in total. The molecule has 0 aliphatic carbocycles. The van der Waals surface area contributed by atoms with Crippen LogP contribution in [0.2, 0.25) is 0 Å². The predicted octanol–water partition coefficient (Wildman–Crippen LogP) is 3.59. The molecule has 2 heterocycles. The first kappa shape index (κ1) is 16.3. The number of furan rings is 1. The number of carbonyl (C=O) groups is 1. The van der Waals surface area contributed by atoms with E-state index in [9.17, 15) is 4.79 Å². The Labute approximate surface area is 146 Å². The van der Waals surface area contributed by atoms with Gasteiger partial charge in [0.05, 0.1) is 12.3 Å². The molecular formula is C18H18N2O3S. The van der Waals surface area contributed by atoms with Gasteiger partial charge >= 0.3 is 0 Å². The molecule has 1 aliphatic rings. The number of carbonyl (C=O) groups excluding carboxylic acids is 1. The van der Waals surface area contributed by atoms with Gasteiger partial charge in [-0.15, -0.1) is 0 Å². The van der Waals surface area contributed by atoms with Gasteiger partial charge in [-0.25, -0.2) is 0 Å². The van der Waals surface area contributed by atoms with Gasteiger partial charge in [-0.3, -0.25) is 9.69 Å². The van der Waals surface area contributed by atoms with Crippen LogP contribution in [0.5, 0.6) is 5.75 Å². The van der Waals surface area contributed by atoms with Crippen molar-refractivity contribution in [3.63, 3.8) is 0 Å². The Kier molecular flexibility index (Phi) is 4.40. The van der Waals surface area contributed by atoms with Crippen molar-refractivity contribution < 1.29 is 13.9 Å². The van der Waals surface area contributed by atoms with Crippen LogP contribution in [0, 0.1) is 6.92 Å². The fraction of sp³-hybridized carbons (Fsp3) is 0.222. The van der Waals surface area contributed by atoms with E-state index in [2.05, 4.69) is 0 Å². The largest absolute Gasteiger partial charge is 0.494 e. The summed E-state index contributed by atoms with van der Waals surface area (Å²) in [7, 11) is 1.77. The van der Waals surface area contributed by atoms with Crippen molar-refractivity contribution in [1.82, 2.24) is 4.90 Å². The second-order valence-electron chi connectivity index (χ2n) is 5.39. The Morgan fingerprint density at radius 1 is 1.21 bits per heavy atom. The van der Waals surface area contributed by atoms with E-state index in [-0.39, 0.29) is 5.91 Å². The monoisotopic (exact) mass is 342 g/mol. The van der Waals surface area contributed by atoms with Crippen molar-refractivity contribution in [2.45, 2.75) is 13.8 Å². The molecule has 2 aromatic rings. The standard InChI is InChI=1S/C18H18N2O3S/c1-4-22-14-9-6-13(7-10-14)20-17(21)16(19(3)18(20)24)11-15-8-5-12(2)23-15/h5-11H,4H2,1-3H3. The number of rotatable bonds is 4. The Balaban J connectivity index is 1.91. The minimum Gasteiger partial charge on any atom is -0.494 e. The smallest absolute Gasteiger partial charge is 0.281 e. The predicted molar refractivity (Wildman–Crippen MR) is 96.9 cm³/mol. The first-order valence-corrected chi connectivity index (χ1v) is 8.05. The van der Waals surface area contributed by atoms with E-state index in [1.54, 1.807) is 18.0 Å². The molecule has 0 atom stereocenters. The lowest BCUT2D eigenvalue weighted by Gasteiger charge is -2.16. The van der Waals surface area contributed by atoms with Crippen molar-refractivity contribution in [1.29, 1.82) is 0 Å². The molecule has 24 heavy (non-hydrogen) atoms. The average molecular weight is 342 g/mol. The molecule has 1 aromatic carbocycles. The summed E-state index contributed by atoms with van der Waals surface area (Å²) in [6.07, 6.45) is 1.70. The number of anilines is 1. The zero-order valence-electron chi connectivity index (χ0n) is 13.8. The molecule has 1 saturated heterocycles. The summed E-state index contributed by atoms with van der Waals surface area (Å²) in [5.41, 5.74) is 1.18. The van der Waals surface area contributed by atoms with Crippen LogP contribution in [0.3, 0.4) is 0 Å². The summed E-state index contributed by atoms with van der Waals surface area (Å²) < 4.78 is 11.0. The molecule has 0 radical (unpaired) electrons. The van der Waals surface area contributed by atoms with Crippen LogP contribution in [-0.2, 0) is 4.79 Å². The van der Waals surface area contributed by atoms with Crippen molar-refractivity contribution in [3.8, 4) is 5.75 Å². The number of likely N-dealkylation sites (N-methyl/N-ethyl adjacent to an activating group) is 1. The quantitative estimate of drug-likeness (QED) is 0.628. The van der Waals surface area contributed by atoms with Gasteiger partial charge in [0.15, 0.2) is 5.11 Å². The van der Waals surface area contributed by atoms with Gasteiger partial charge in [0.25, 0.3) is 5.91 Å². The summed E-state index contributed by atoms with van der Waals surface area (Å²) in [4.78, 5) is 16.0. The van der Waals surface area contributed by atoms with Crippen LogP contribution in [0.1, 0.15) is 18.4 Å². The number of thiocarbonyl (C=S) groups is 1. The number of hydrogen-bond acceptors (Lipinski definition) is 4. The highest BCUT2D eigenvalue weighted by Gasteiger charge is 2.37. The van der Waals surface area contributed by atoms with Crippen LogP contribution in [-0.4, -0.2) is 29.6 Å². The zero-order chi connectivity index (χ0) is 17.3. The number of benzene rings is 1. The lowest BCUT2D eigenvalue weighted by atomic mass is 10.2. The van der Waals surface area contributed by atoms with Crippen LogP contribution in [0.4, 0.5) is 5.69 Å². The van der Waals surface area contributed by atoms with Gasteiger partial charge in [-0.1, -0.05) is 0 Å². The normalized spacial score (nSPS) is 16.4. The van der Waals surface area contributed by atoms with E-state index in [1.807, 2.05) is 50.2 Å². The molecule has 1 aromatic heterocycles. The van der Waals surface area contributed by atoms with E-state index >= 15 is 0 Å². The summed E-state index contributed by atoms with van der Waals surface area (Å²) in [6, 6.07) is 11.0. The molecular weight excluding hydrogens is 324 g/mol. The first-order chi connectivity index (χ1) is 11.5. The highest BCUT2D eigenvalue weighted by molar-refractivity contribution is 7.80. The molecule has 3 rings (SSSR count). The minimum atomic E-state index is -0.180. The van der Waals surface area contributed by atoms with Crippen LogP contribution >= 0.6 is 12.2 Å². The highest BCUT2D eigenvalue weighted by atomic mass is 32.1. The average Bonchev–Trinajstić information content (AvgIpc) is 3.06. The third-order valence-electron chi connectivity index (χ3n) is 3.71. The van der Waals surface area contributed by atoms with Crippen molar-refractivity contribution in [3.05, 3.63) is 53.6 Å². The maximum absolute atomic E-state index is 12.8. The van der Waals surface area contributed by atoms with Gasteiger partial charge in [-0.2, -0.15) is 0 Å². The van der Waals surface area contributed by atoms with Crippen molar-refractivity contribution in [2.75, 3.05) is 18.6 Å².